The Balaban J connectivity index is 1.53. The minimum atomic E-state index is -4.60. The van der Waals surface area contributed by atoms with Crippen LogP contribution < -0.4 is 10.2 Å². The van der Waals surface area contributed by atoms with Crippen LogP contribution in [0.15, 0.2) is 47.5 Å². The Hall–Kier alpha value is -3.42. The van der Waals surface area contributed by atoms with Gasteiger partial charge in [0.05, 0.1) is 38.2 Å². The molecule has 0 amide bonds. The van der Waals surface area contributed by atoms with E-state index in [0.717, 1.165) is 18.0 Å². The molecule has 0 radical (unpaired) electrons. The molecule has 1 fully saturated rings. The Kier molecular flexibility index (Phi) is 6.21. The second-order valence-electron chi connectivity index (χ2n) is 8.26. The highest BCUT2D eigenvalue weighted by molar-refractivity contribution is 5.83. The van der Waals surface area contributed by atoms with Crippen molar-refractivity contribution in [2.24, 2.45) is 4.99 Å². The number of aromatic nitrogens is 5. The van der Waals surface area contributed by atoms with Crippen LogP contribution in [0, 0.1) is 0 Å². The number of imidazole rings is 1. The van der Waals surface area contributed by atoms with E-state index in [2.05, 4.69) is 30.2 Å². The number of halogens is 3. The van der Waals surface area contributed by atoms with Crippen LogP contribution in [0.2, 0.25) is 0 Å². The van der Waals surface area contributed by atoms with Crippen molar-refractivity contribution in [3.63, 3.8) is 0 Å². The maximum Gasteiger partial charge on any atom is 0.434 e. The van der Waals surface area contributed by atoms with Gasteiger partial charge in [-0.3, -0.25) is 9.39 Å². The second-order valence-corrected chi connectivity index (χ2v) is 8.26. The molecular weight excluding hydrogens is 465 g/mol. The summed E-state index contributed by atoms with van der Waals surface area (Å²) in [5, 5.41) is 12.9. The van der Waals surface area contributed by atoms with Gasteiger partial charge in [-0.05, 0) is 18.6 Å². The maximum atomic E-state index is 13.2. The fourth-order valence-corrected chi connectivity index (χ4v) is 4.27. The summed E-state index contributed by atoms with van der Waals surface area (Å²) in [6, 6.07) is 1.57. The molecule has 3 aromatic heterocycles. The third-order valence-electron chi connectivity index (χ3n) is 5.79. The van der Waals surface area contributed by atoms with Crippen molar-refractivity contribution >= 4 is 17.7 Å². The molecule has 0 aromatic carbocycles. The molecule has 2 N–H and O–H groups in total. The molecule has 5 rings (SSSR count). The molecule has 0 spiro atoms. The zero-order valence-electron chi connectivity index (χ0n) is 18.7. The molecule has 3 atom stereocenters. The topological polar surface area (TPSA) is 113 Å². The van der Waals surface area contributed by atoms with Gasteiger partial charge in [0.2, 0.25) is 0 Å². The highest BCUT2D eigenvalue weighted by Crippen LogP contribution is 2.30. The summed E-state index contributed by atoms with van der Waals surface area (Å²) in [6.07, 6.45) is 3.63. The highest BCUT2D eigenvalue weighted by atomic mass is 19.4. The average Bonchev–Trinajstić information content (AvgIpc) is 3.52. The Morgan fingerprint density at radius 2 is 2.09 bits per heavy atom. The van der Waals surface area contributed by atoms with Gasteiger partial charge in [0.25, 0.3) is 0 Å². The van der Waals surface area contributed by atoms with Crippen LogP contribution in [0.25, 0.3) is 17.2 Å². The smallest absolute Gasteiger partial charge is 0.394 e. The second kappa shape index (κ2) is 9.32. The maximum absolute atomic E-state index is 13.2. The molecule has 13 heteroatoms. The number of alkyl halides is 3. The normalized spacial score (nSPS) is 22.7. The summed E-state index contributed by atoms with van der Waals surface area (Å²) >= 11 is 0. The van der Waals surface area contributed by atoms with E-state index in [1.807, 2.05) is 17.9 Å². The van der Waals surface area contributed by atoms with Crippen LogP contribution in [0.3, 0.4) is 0 Å². The van der Waals surface area contributed by atoms with Gasteiger partial charge in [-0.15, -0.1) is 0 Å². The number of rotatable bonds is 6. The SMILES string of the molecule is CC1CN(c2ccnc(-c3cnc4cnc(C(F)(F)F)cn34)n2)C(OCCO)C(C2=CCN=C2)N1. The molecular formula is C22H23F3N8O2. The molecule has 0 saturated carbocycles. The number of anilines is 1. The predicted molar refractivity (Wildman–Crippen MR) is 121 cm³/mol. The van der Waals surface area contributed by atoms with Crippen LogP contribution in [0.1, 0.15) is 12.6 Å². The number of hydrogen-bond acceptors (Lipinski definition) is 9. The molecule has 184 valence electrons. The van der Waals surface area contributed by atoms with E-state index in [0.29, 0.717) is 24.6 Å². The van der Waals surface area contributed by atoms with Gasteiger partial charge in [-0.1, -0.05) is 6.08 Å². The summed E-state index contributed by atoms with van der Waals surface area (Å²) in [5.74, 6) is 0.742. The molecule has 5 heterocycles. The molecule has 2 aliphatic rings. The monoisotopic (exact) mass is 488 g/mol. The number of hydrogen-bond donors (Lipinski definition) is 2. The van der Waals surface area contributed by atoms with E-state index in [1.54, 1.807) is 18.5 Å². The first kappa shape index (κ1) is 23.3. The summed E-state index contributed by atoms with van der Waals surface area (Å²) in [6.45, 7) is 3.15. The summed E-state index contributed by atoms with van der Waals surface area (Å²) in [4.78, 5) is 22.8. The van der Waals surface area contributed by atoms with Crippen molar-refractivity contribution < 1.29 is 23.0 Å². The number of aliphatic imine (C=N–C) groups is 1. The summed E-state index contributed by atoms with van der Waals surface area (Å²) < 4.78 is 47.0. The molecule has 10 nitrogen and oxygen atoms in total. The minimum absolute atomic E-state index is 0.0681. The van der Waals surface area contributed by atoms with Crippen LogP contribution in [-0.4, -0.2) is 80.3 Å². The molecule has 0 aliphatic carbocycles. The van der Waals surface area contributed by atoms with Gasteiger partial charge in [0.15, 0.2) is 23.4 Å². The van der Waals surface area contributed by atoms with Crippen LogP contribution in [0.4, 0.5) is 19.0 Å². The predicted octanol–water partition coefficient (Wildman–Crippen LogP) is 1.72. The van der Waals surface area contributed by atoms with E-state index in [1.165, 1.54) is 10.6 Å². The number of piperazine rings is 1. The van der Waals surface area contributed by atoms with Crippen molar-refractivity contribution in [2.45, 2.75) is 31.4 Å². The minimum Gasteiger partial charge on any atom is -0.394 e. The van der Waals surface area contributed by atoms with E-state index in [-0.39, 0.29) is 36.8 Å². The van der Waals surface area contributed by atoms with Crippen LogP contribution in [-0.2, 0) is 10.9 Å². The van der Waals surface area contributed by atoms with Gasteiger partial charge >= 0.3 is 6.18 Å². The van der Waals surface area contributed by atoms with Gasteiger partial charge in [-0.2, -0.15) is 13.2 Å². The third-order valence-corrected chi connectivity index (χ3v) is 5.79. The lowest BCUT2D eigenvalue weighted by molar-refractivity contribution is -0.141. The molecule has 0 bridgehead atoms. The number of aliphatic hydroxyl groups excluding tert-OH is 1. The first-order valence-corrected chi connectivity index (χ1v) is 11.0. The lowest BCUT2D eigenvalue weighted by Crippen LogP contribution is -2.63. The third kappa shape index (κ3) is 4.61. The Bertz CT molecular complexity index is 1280. The van der Waals surface area contributed by atoms with Crippen molar-refractivity contribution in [1.29, 1.82) is 0 Å². The standard InChI is InChI=1S/C22H23F3N8O2/c1-13-11-33(21(35-7-6-34)19(30-13)14-2-4-26-8-14)17-3-5-27-20(31-17)15-9-29-18-10-28-16(12-32(15)18)22(23,24)25/h2-3,5,8-10,12-13,19,21,30,34H,4,6-7,11H2,1H3. The number of nitrogens with zero attached hydrogens (tertiary/aromatic N) is 7. The quantitative estimate of drug-likeness (QED) is 0.540. The summed E-state index contributed by atoms with van der Waals surface area (Å²) in [5.41, 5.74) is 0.485. The van der Waals surface area contributed by atoms with E-state index in [9.17, 15) is 18.3 Å². The molecule has 2 aliphatic heterocycles. The fraction of sp³-hybridized carbons (Fsp3) is 0.409. The molecule has 3 unspecified atom stereocenters. The molecule has 1 saturated heterocycles. The zero-order valence-corrected chi connectivity index (χ0v) is 18.7. The van der Waals surface area contributed by atoms with Gasteiger partial charge in [0.1, 0.15) is 11.5 Å². The molecule has 3 aromatic rings. The first-order valence-electron chi connectivity index (χ1n) is 11.0. The van der Waals surface area contributed by atoms with Gasteiger partial charge in [0, 0.05) is 31.2 Å². The van der Waals surface area contributed by atoms with Crippen molar-refractivity contribution in [2.75, 3.05) is 31.2 Å². The first-order chi connectivity index (χ1) is 16.8. The van der Waals surface area contributed by atoms with Crippen molar-refractivity contribution in [3.05, 3.63) is 48.2 Å². The van der Waals surface area contributed by atoms with Crippen LogP contribution >= 0.6 is 0 Å². The average molecular weight is 488 g/mol. The van der Waals surface area contributed by atoms with E-state index in [4.69, 9.17) is 4.74 Å². The number of fused-ring (bicyclic) bond motifs is 1. The van der Waals surface area contributed by atoms with Gasteiger partial charge in [-0.25, -0.2) is 19.9 Å². The number of ether oxygens (including phenoxy) is 1. The number of aliphatic hydroxyl groups is 1. The Morgan fingerprint density at radius 3 is 2.83 bits per heavy atom. The Labute approximate surface area is 198 Å². The highest BCUT2D eigenvalue weighted by Gasteiger charge is 2.38. The van der Waals surface area contributed by atoms with Crippen molar-refractivity contribution in [1.82, 2.24) is 29.7 Å². The lowest BCUT2D eigenvalue weighted by atomic mass is 10.0. The van der Waals surface area contributed by atoms with E-state index >= 15 is 0 Å². The lowest BCUT2D eigenvalue weighted by Gasteiger charge is -2.45. The van der Waals surface area contributed by atoms with E-state index < -0.39 is 18.1 Å². The summed E-state index contributed by atoms with van der Waals surface area (Å²) in [7, 11) is 0. The van der Waals surface area contributed by atoms with Crippen molar-refractivity contribution in [3.8, 4) is 11.5 Å². The zero-order chi connectivity index (χ0) is 24.6. The fourth-order valence-electron chi connectivity index (χ4n) is 4.27. The Morgan fingerprint density at radius 1 is 1.23 bits per heavy atom. The van der Waals surface area contributed by atoms with Crippen LogP contribution in [0.5, 0.6) is 0 Å². The largest absolute Gasteiger partial charge is 0.434 e. The molecule has 35 heavy (non-hydrogen) atoms. The van der Waals surface area contributed by atoms with Gasteiger partial charge < -0.3 is 20.1 Å². The number of nitrogens with one attached hydrogen (secondary N) is 1.